The van der Waals surface area contributed by atoms with Gasteiger partial charge in [0.2, 0.25) is 0 Å². The van der Waals surface area contributed by atoms with Crippen molar-refractivity contribution in [2.45, 2.75) is 25.2 Å². The van der Waals surface area contributed by atoms with Gasteiger partial charge >= 0.3 is 6.18 Å². The van der Waals surface area contributed by atoms with Crippen LogP contribution in [0.5, 0.6) is 0 Å². The van der Waals surface area contributed by atoms with Crippen molar-refractivity contribution in [3.05, 3.63) is 58.3 Å². The molecule has 0 saturated heterocycles. The number of pyridine rings is 1. The van der Waals surface area contributed by atoms with Crippen LogP contribution >= 0.6 is 28.1 Å². The predicted molar refractivity (Wildman–Crippen MR) is 106 cm³/mol. The third-order valence-electron chi connectivity index (χ3n) is 3.96. The molecule has 10 heteroatoms. The number of nitrogens with one attached hydrogen (secondary N) is 1. The lowest BCUT2D eigenvalue weighted by Gasteiger charge is -2.25. The standard InChI is InChI=1S/C18H13BrF3N5S/c1-17(9-23,10-27-8-15-14(26-27)6-13(19)7-24-15)25-16(28)11-2-4-12(5-3-11)18(20,21)22/h2-8H,10H2,1H3,(H,25,28). The quantitative estimate of drug-likeness (QED) is 0.573. The second kappa shape index (κ2) is 7.48. The lowest BCUT2D eigenvalue weighted by Crippen LogP contribution is -2.47. The maximum absolute atomic E-state index is 12.7. The molecule has 1 atom stereocenters. The number of nitriles is 1. The van der Waals surface area contributed by atoms with E-state index in [4.69, 9.17) is 12.2 Å². The highest BCUT2D eigenvalue weighted by molar-refractivity contribution is 9.10. The Bertz CT molecular complexity index is 1070. The number of rotatable bonds is 4. The minimum Gasteiger partial charge on any atom is -0.357 e. The first kappa shape index (κ1) is 20.2. The minimum absolute atomic E-state index is 0.165. The van der Waals surface area contributed by atoms with Gasteiger partial charge in [-0.1, -0.05) is 24.4 Å². The Kier molecular flexibility index (Phi) is 5.41. The number of thiocarbonyl (C=S) groups is 1. The second-order valence-electron chi connectivity index (χ2n) is 6.36. The minimum atomic E-state index is -4.42. The Morgan fingerprint density at radius 3 is 2.57 bits per heavy atom. The van der Waals surface area contributed by atoms with Crippen molar-refractivity contribution >= 4 is 44.2 Å². The number of hydrogen-bond acceptors (Lipinski definition) is 4. The number of fused-ring (bicyclic) bond motifs is 1. The first-order chi connectivity index (χ1) is 13.1. The van der Waals surface area contributed by atoms with Crippen LogP contribution in [0.3, 0.4) is 0 Å². The maximum Gasteiger partial charge on any atom is 0.416 e. The van der Waals surface area contributed by atoms with E-state index < -0.39 is 17.3 Å². The summed E-state index contributed by atoms with van der Waals surface area (Å²) in [6.07, 6.45) is -1.06. The van der Waals surface area contributed by atoms with Crippen molar-refractivity contribution in [2.24, 2.45) is 0 Å². The van der Waals surface area contributed by atoms with Gasteiger partial charge in [-0.3, -0.25) is 9.67 Å². The molecule has 0 spiro atoms. The monoisotopic (exact) mass is 467 g/mol. The molecule has 2 aromatic heterocycles. The fourth-order valence-corrected chi connectivity index (χ4v) is 3.25. The zero-order valence-electron chi connectivity index (χ0n) is 14.5. The molecule has 0 radical (unpaired) electrons. The molecular weight excluding hydrogens is 455 g/mol. The van der Waals surface area contributed by atoms with E-state index in [0.29, 0.717) is 16.6 Å². The van der Waals surface area contributed by atoms with Gasteiger partial charge in [-0.2, -0.15) is 23.5 Å². The first-order valence-electron chi connectivity index (χ1n) is 7.99. The number of halogens is 4. The molecule has 2 heterocycles. The second-order valence-corrected chi connectivity index (χ2v) is 7.68. The van der Waals surface area contributed by atoms with Gasteiger partial charge in [0.15, 0.2) is 0 Å². The van der Waals surface area contributed by atoms with E-state index in [-0.39, 0.29) is 11.5 Å². The third-order valence-corrected chi connectivity index (χ3v) is 4.73. The van der Waals surface area contributed by atoms with Crippen molar-refractivity contribution < 1.29 is 13.2 Å². The highest BCUT2D eigenvalue weighted by atomic mass is 79.9. The fraction of sp³-hybridized carbons (Fsp3) is 0.222. The zero-order valence-corrected chi connectivity index (χ0v) is 16.9. The highest BCUT2D eigenvalue weighted by Gasteiger charge is 2.31. The SMILES string of the molecule is CC(C#N)(Cn1cc2ncc(Br)cc2n1)NC(=S)c1ccc(C(F)(F)F)cc1. The molecule has 3 aromatic rings. The molecule has 0 amide bonds. The number of nitrogens with zero attached hydrogens (tertiary/aromatic N) is 4. The summed E-state index contributed by atoms with van der Waals surface area (Å²) >= 11 is 8.61. The van der Waals surface area contributed by atoms with E-state index in [1.807, 2.05) is 6.07 Å². The van der Waals surface area contributed by atoms with Crippen LogP contribution < -0.4 is 5.32 Å². The van der Waals surface area contributed by atoms with Crippen LogP contribution in [0.4, 0.5) is 13.2 Å². The molecule has 0 aliphatic heterocycles. The van der Waals surface area contributed by atoms with Crippen LogP contribution in [-0.2, 0) is 12.7 Å². The van der Waals surface area contributed by atoms with Crippen LogP contribution in [0.1, 0.15) is 18.1 Å². The van der Waals surface area contributed by atoms with E-state index in [0.717, 1.165) is 16.6 Å². The number of alkyl halides is 3. The molecule has 0 bridgehead atoms. The normalized spacial score (nSPS) is 13.7. The van der Waals surface area contributed by atoms with Crippen molar-refractivity contribution in [2.75, 3.05) is 0 Å². The summed E-state index contributed by atoms with van der Waals surface area (Å²) in [7, 11) is 0. The molecule has 1 aromatic carbocycles. The summed E-state index contributed by atoms with van der Waals surface area (Å²) in [4.78, 5) is 4.42. The van der Waals surface area contributed by atoms with Gasteiger partial charge in [0, 0.05) is 16.2 Å². The van der Waals surface area contributed by atoms with Crippen LogP contribution in [0.15, 0.2) is 47.2 Å². The molecule has 0 aliphatic carbocycles. The Hall–Kier alpha value is -2.51. The van der Waals surface area contributed by atoms with Crippen molar-refractivity contribution in [1.29, 1.82) is 5.26 Å². The van der Waals surface area contributed by atoms with Gasteiger partial charge in [0.05, 0.1) is 24.4 Å². The molecule has 0 aliphatic rings. The van der Waals surface area contributed by atoms with E-state index in [1.54, 1.807) is 24.0 Å². The molecule has 144 valence electrons. The molecule has 0 saturated carbocycles. The summed E-state index contributed by atoms with van der Waals surface area (Å²) in [5.41, 5.74) is -0.155. The summed E-state index contributed by atoms with van der Waals surface area (Å²) < 4.78 is 40.4. The molecular formula is C18H13BrF3N5S. The van der Waals surface area contributed by atoms with Gasteiger partial charge in [0.25, 0.3) is 0 Å². The summed E-state index contributed by atoms with van der Waals surface area (Å²) in [5.74, 6) is 0. The lowest BCUT2D eigenvalue weighted by molar-refractivity contribution is -0.137. The number of hydrogen-bond donors (Lipinski definition) is 1. The van der Waals surface area contributed by atoms with Crippen molar-refractivity contribution in [3.63, 3.8) is 0 Å². The first-order valence-corrected chi connectivity index (χ1v) is 9.19. The maximum atomic E-state index is 12.7. The van der Waals surface area contributed by atoms with Crippen molar-refractivity contribution in [3.8, 4) is 6.07 Å². The smallest absolute Gasteiger partial charge is 0.357 e. The average molecular weight is 468 g/mol. The summed E-state index contributed by atoms with van der Waals surface area (Å²) in [6, 6.07) is 8.42. The van der Waals surface area contributed by atoms with E-state index >= 15 is 0 Å². The molecule has 1 unspecified atom stereocenters. The molecule has 28 heavy (non-hydrogen) atoms. The van der Waals surface area contributed by atoms with Crippen LogP contribution in [0, 0.1) is 11.3 Å². The highest BCUT2D eigenvalue weighted by Crippen LogP contribution is 2.29. The van der Waals surface area contributed by atoms with E-state index in [9.17, 15) is 18.4 Å². The number of benzene rings is 1. The zero-order chi connectivity index (χ0) is 20.5. The van der Waals surface area contributed by atoms with Crippen LogP contribution in [0.25, 0.3) is 11.0 Å². The molecule has 1 N–H and O–H groups in total. The third kappa shape index (κ3) is 4.48. The van der Waals surface area contributed by atoms with Gasteiger partial charge in [-0.25, -0.2) is 0 Å². The lowest BCUT2D eigenvalue weighted by atomic mass is 10.0. The number of aromatic nitrogens is 3. The Balaban J connectivity index is 1.77. The van der Waals surface area contributed by atoms with Crippen LogP contribution in [0.2, 0.25) is 0 Å². The summed E-state index contributed by atoms with van der Waals surface area (Å²) in [6.45, 7) is 1.80. The van der Waals surface area contributed by atoms with E-state index in [1.165, 1.54) is 12.1 Å². The van der Waals surface area contributed by atoms with Gasteiger partial charge in [0.1, 0.15) is 21.6 Å². The predicted octanol–water partition coefficient (Wildman–Crippen LogP) is 4.46. The Labute approximate surface area is 172 Å². The van der Waals surface area contributed by atoms with Crippen molar-refractivity contribution in [1.82, 2.24) is 20.1 Å². The van der Waals surface area contributed by atoms with Crippen LogP contribution in [-0.4, -0.2) is 25.3 Å². The van der Waals surface area contributed by atoms with Gasteiger partial charge < -0.3 is 5.32 Å². The van der Waals surface area contributed by atoms with E-state index in [2.05, 4.69) is 37.4 Å². The molecule has 5 nitrogen and oxygen atoms in total. The largest absolute Gasteiger partial charge is 0.416 e. The average Bonchev–Trinajstić information content (AvgIpc) is 3.01. The molecule has 3 rings (SSSR count). The Morgan fingerprint density at radius 2 is 1.96 bits per heavy atom. The van der Waals surface area contributed by atoms with Gasteiger partial charge in [-0.05, 0) is 41.1 Å². The fourth-order valence-electron chi connectivity index (χ4n) is 2.57. The Morgan fingerprint density at radius 1 is 1.29 bits per heavy atom. The topological polar surface area (TPSA) is 66.5 Å². The summed E-state index contributed by atoms with van der Waals surface area (Å²) in [5, 5.41) is 16.9. The molecule has 0 fully saturated rings. The van der Waals surface area contributed by atoms with Gasteiger partial charge in [-0.15, -0.1) is 0 Å².